The van der Waals surface area contributed by atoms with Crippen LogP contribution in [0.1, 0.15) is 48.9 Å². The molecular formula is C33H42N2O5. The minimum atomic E-state index is -0.923. The topological polar surface area (TPSA) is 96.9 Å². The summed E-state index contributed by atoms with van der Waals surface area (Å²) in [6, 6.07) is 24.0. The van der Waals surface area contributed by atoms with E-state index in [1.54, 1.807) is 0 Å². The lowest BCUT2D eigenvalue weighted by atomic mass is 9.93. The summed E-state index contributed by atoms with van der Waals surface area (Å²) in [6.07, 6.45) is -0.171. The quantitative estimate of drug-likeness (QED) is 0.248. The molecule has 7 heteroatoms. The Hall–Kier alpha value is -3.84. The number of carbonyl (C=O) groups is 2. The van der Waals surface area contributed by atoms with Crippen molar-refractivity contribution in [3.63, 3.8) is 0 Å². The molecule has 0 heterocycles. The second kappa shape index (κ2) is 15.7. The first-order valence-corrected chi connectivity index (χ1v) is 13.9. The Balaban J connectivity index is 1.64. The van der Waals surface area contributed by atoms with Gasteiger partial charge in [0.1, 0.15) is 12.4 Å². The largest absolute Gasteiger partial charge is 0.483 e. The Morgan fingerprint density at radius 3 is 2.00 bits per heavy atom. The van der Waals surface area contributed by atoms with Crippen LogP contribution in [0.5, 0.6) is 5.75 Å². The maximum Gasteiger partial charge on any atom is 0.407 e. The normalized spacial score (nSPS) is 13.2. The molecule has 0 fully saturated rings. The summed E-state index contributed by atoms with van der Waals surface area (Å²) >= 11 is 0. The maximum atomic E-state index is 12.9. The predicted molar refractivity (Wildman–Crippen MR) is 157 cm³/mol. The zero-order valence-corrected chi connectivity index (χ0v) is 23.9. The van der Waals surface area contributed by atoms with Crippen LogP contribution in [0.15, 0.2) is 78.9 Å². The molecule has 0 spiro atoms. The summed E-state index contributed by atoms with van der Waals surface area (Å²) in [5.41, 5.74) is 3.79. The van der Waals surface area contributed by atoms with Gasteiger partial charge >= 0.3 is 6.09 Å². The highest BCUT2D eigenvalue weighted by Gasteiger charge is 2.27. The van der Waals surface area contributed by atoms with Gasteiger partial charge in [-0.25, -0.2) is 4.79 Å². The lowest BCUT2D eigenvalue weighted by Gasteiger charge is -2.29. The number of hydrogen-bond acceptors (Lipinski definition) is 5. The molecule has 0 saturated heterocycles. The molecule has 3 rings (SSSR count). The van der Waals surface area contributed by atoms with Gasteiger partial charge in [0.2, 0.25) is 0 Å². The number of aryl methyl sites for hydroxylation is 2. The minimum Gasteiger partial charge on any atom is -0.483 e. The van der Waals surface area contributed by atoms with Crippen molar-refractivity contribution in [2.75, 3.05) is 6.61 Å². The highest BCUT2D eigenvalue weighted by atomic mass is 16.5. The number of rotatable bonds is 14. The fourth-order valence-corrected chi connectivity index (χ4v) is 4.74. The van der Waals surface area contributed by atoms with E-state index >= 15 is 0 Å². The van der Waals surface area contributed by atoms with E-state index < -0.39 is 18.2 Å². The van der Waals surface area contributed by atoms with Gasteiger partial charge in [0.25, 0.3) is 5.91 Å². The number of hydrogen-bond donors (Lipinski definition) is 3. The average molecular weight is 547 g/mol. The van der Waals surface area contributed by atoms with Crippen LogP contribution < -0.4 is 15.4 Å². The van der Waals surface area contributed by atoms with Crippen LogP contribution in [-0.2, 0) is 22.6 Å². The van der Waals surface area contributed by atoms with Gasteiger partial charge < -0.3 is 25.2 Å². The van der Waals surface area contributed by atoms with Crippen molar-refractivity contribution in [1.82, 2.24) is 10.6 Å². The van der Waals surface area contributed by atoms with Crippen molar-refractivity contribution in [3.8, 4) is 5.75 Å². The number of ether oxygens (including phenoxy) is 2. The van der Waals surface area contributed by atoms with Gasteiger partial charge in [-0.3, -0.25) is 4.79 Å². The molecule has 0 unspecified atom stereocenters. The molecule has 0 radical (unpaired) electrons. The van der Waals surface area contributed by atoms with Crippen molar-refractivity contribution in [2.45, 2.75) is 71.8 Å². The lowest BCUT2D eigenvalue weighted by molar-refractivity contribution is -0.124. The van der Waals surface area contributed by atoms with E-state index in [9.17, 15) is 14.7 Å². The van der Waals surface area contributed by atoms with Crippen molar-refractivity contribution in [2.24, 2.45) is 5.92 Å². The third-order valence-corrected chi connectivity index (χ3v) is 6.68. The molecule has 3 aromatic carbocycles. The first-order valence-electron chi connectivity index (χ1n) is 13.9. The SMILES string of the molecule is Cc1cccc(C)c1OCC(=O)N[C@@H](CC(C)C)C[C@H](O)[C@H](Cc1ccccc1)NC(=O)OCc1ccccc1. The summed E-state index contributed by atoms with van der Waals surface area (Å²) < 4.78 is 11.3. The van der Waals surface area contributed by atoms with Crippen LogP contribution in [0.2, 0.25) is 0 Å². The molecule has 0 aliphatic carbocycles. The number of nitrogens with one attached hydrogen (secondary N) is 2. The van der Waals surface area contributed by atoms with Gasteiger partial charge in [-0.1, -0.05) is 92.7 Å². The van der Waals surface area contributed by atoms with Crippen LogP contribution in [0.4, 0.5) is 4.79 Å². The van der Waals surface area contributed by atoms with Crippen LogP contribution in [0.25, 0.3) is 0 Å². The van der Waals surface area contributed by atoms with E-state index in [2.05, 4.69) is 24.5 Å². The number of aliphatic hydroxyl groups excluding tert-OH is 1. The zero-order chi connectivity index (χ0) is 28.9. The van der Waals surface area contributed by atoms with Crippen molar-refractivity contribution in [1.29, 1.82) is 0 Å². The van der Waals surface area contributed by atoms with E-state index in [0.29, 0.717) is 18.6 Å². The zero-order valence-electron chi connectivity index (χ0n) is 23.9. The number of amides is 2. The Labute approximate surface area is 237 Å². The molecule has 0 bridgehead atoms. The molecule has 2 amide bonds. The van der Waals surface area contributed by atoms with Crippen molar-refractivity contribution in [3.05, 3.63) is 101 Å². The fraction of sp³-hybridized carbons (Fsp3) is 0.394. The van der Waals surface area contributed by atoms with Crippen molar-refractivity contribution < 1.29 is 24.2 Å². The maximum absolute atomic E-state index is 12.9. The summed E-state index contributed by atoms with van der Waals surface area (Å²) in [4.78, 5) is 25.6. The van der Waals surface area contributed by atoms with Crippen LogP contribution in [-0.4, -0.2) is 41.9 Å². The fourth-order valence-electron chi connectivity index (χ4n) is 4.74. The van der Waals surface area contributed by atoms with Crippen LogP contribution in [0.3, 0.4) is 0 Å². The first kappa shape index (κ1) is 30.7. The summed E-state index contributed by atoms with van der Waals surface area (Å²) in [5.74, 6) is 0.739. The molecule has 3 atom stereocenters. The minimum absolute atomic E-state index is 0.117. The Morgan fingerprint density at radius 2 is 1.40 bits per heavy atom. The van der Waals surface area contributed by atoms with Gasteiger partial charge in [0, 0.05) is 6.04 Å². The second-order valence-electron chi connectivity index (χ2n) is 10.7. The van der Waals surface area contributed by atoms with Gasteiger partial charge in [-0.05, 0) is 61.3 Å². The van der Waals surface area contributed by atoms with Gasteiger partial charge in [-0.2, -0.15) is 0 Å². The first-order chi connectivity index (χ1) is 19.2. The standard InChI is InChI=1S/C33H42N2O5/c1-23(2)18-28(34-31(37)22-39-32-24(3)12-11-13-25(32)4)20-30(36)29(19-26-14-7-5-8-15-26)35-33(38)40-21-27-16-9-6-10-17-27/h5-17,23,28-30,36H,18-22H2,1-4H3,(H,34,37)(H,35,38)/t28-,29-,30-/m0/s1. The van der Waals surface area contributed by atoms with E-state index in [4.69, 9.17) is 9.47 Å². The second-order valence-corrected chi connectivity index (χ2v) is 10.7. The number of carbonyl (C=O) groups excluding carboxylic acids is 2. The van der Waals surface area contributed by atoms with Crippen molar-refractivity contribution >= 4 is 12.0 Å². The molecule has 0 aromatic heterocycles. The molecule has 214 valence electrons. The van der Waals surface area contributed by atoms with Gasteiger partial charge in [0.15, 0.2) is 6.61 Å². The van der Waals surface area contributed by atoms with Crippen LogP contribution in [0, 0.1) is 19.8 Å². The third-order valence-electron chi connectivity index (χ3n) is 6.68. The lowest BCUT2D eigenvalue weighted by Crippen LogP contribution is -2.49. The molecule has 7 nitrogen and oxygen atoms in total. The van der Waals surface area contributed by atoms with E-state index in [1.165, 1.54) is 0 Å². The number of aliphatic hydroxyl groups is 1. The molecular weight excluding hydrogens is 504 g/mol. The Kier molecular flexibility index (Phi) is 12.0. The molecule has 0 aliphatic heterocycles. The van der Waals surface area contributed by atoms with Gasteiger partial charge in [-0.15, -0.1) is 0 Å². The molecule has 0 saturated carbocycles. The highest BCUT2D eigenvalue weighted by Crippen LogP contribution is 2.22. The van der Waals surface area contributed by atoms with E-state index in [1.807, 2.05) is 92.7 Å². The van der Waals surface area contributed by atoms with E-state index in [-0.39, 0.29) is 37.5 Å². The van der Waals surface area contributed by atoms with Gasteiger partial charge in [0.05, 0.1) is 12.1 Å². The smallest absolute Gasteiger partial charge is 0.407 e. The number of benzene rings is 3. The molecule has 0 aliphatic rings. The number of alkyl carbamates (subject to hydrolysis) is 1. The molecule has 3 N–H and O–H groups in total. The predicted octanol–water partition coefficient (Wildman–Crippen LogP) is 5.50. The summed E-state index contributed by atoms with van der Waals surface area (Å²) in [7, 11) is 0. The molecule has 40 heavy (non-hydrogen) atoms. The average Bonchev–Trinajstić information content (AvgIpc) is 2.92. The summed E-state index contributed by atoms with van der Waals surface area (Å²) in [6.45, 7) is 8.05. The molecule has 3 aromatic rings. The number of para-hydroxylation sites is 1. The highest BCUT2D eigenvalue weighted by molar-refractivity contribution is 5.78. The Morgan fingerprint density at radius 1 is 0.800 bits per heavy atom. The van der Waals surface area contributed by atoms with E-state index in [0.717, 1.165) is 22.3 Å². The Bertz CT molecular complexity index is 1180. The van der Waals surface area contributed by atoms with Crippen LogP contribution >= 0.6 is 0 Å². The summed E-state index contributed by atoms with van der Waals surface area (Å²) in [5, 5.41) is 17.2. The monoisotopic (exact) mass is 546 g/mol. The third kappa shape index (κ3) is 10.4.